The first kappa shape index (κ1) is 19.7. The smallest absolute Gasteiger partial charge is 0.271 e. The Kier molecular flexibility index (Phi) is 6.54. The van der Waals surface area contributed by atoms with Crippen molar-refractivity contribution in [3.8, 4) is 5.75 Å². The van der Waals surface area contributed by atoms with E-state index in [4.69, 9.17) is 16.3 Å². The molecule has 8 heteroatoms. The van der Waals surface area contributed by atoms with E-state index in [0.717, 1.165) is 5.56 Å². The van der Waals surface area contributed by atoms with Crippen LogP contribution in [0.1, 0.15) is 12.5 Å². The summed E-state index contributed by atoms with van der Waals surface area (Å²) in [6, 6.07) is 11.0. The first-order valence-corrected chi connectivity index (χ1v) is 8.28. The SMILES string of the molecule is COc1ccc([N+](=O)[O-])cc1NC(=O)C(C)N(C)Cc1ccccc1Cl. The second-order valence-electron chi connectivity index (χ2n) is 5.81. The van der Waals surface area contributed by atoms with Gasteiger partial charge in [0.15, 0.2) is 0 Å². The molecule has 0 fully saturated rings. The highest BCUT2D eigenvalue weighted by molar-refractivity contribution is 6.31. The molecule has 0 radical (unpaired) electrons. The van der Waals surface area contributed by atoms with Crippen LogP contribution in [-0.2, 0) is 11.3 Å². The molecule has 138 valence electrons. The van der Waals surface area contributed by atoms with Gasteiger partial charge in [0.05, 0.1) is 23.8 Å². The van der Waals surface area contributed by atoms with Gasteiger partial charge in [-0.05, 0) is 31.7 Å². The number of nitrogens with one attached hydrogen (secondary N) is 1. The molecule has 2 aromatic carbocycles. The number of anilines is 1. The third-order valence-electron chi connectivity index (χ3n) is 4.07. The van der Waals surface area contributed by atoms with Crippen LogP contribution in [0.2, 0.25) is 5.02 Å². The molecule has 0 aliphatic carbocycles. The highest BCUT2D eigenvalue weighted by Gasteiger charge is 2.21. The summed E-state index contributed by atoms with van der Waals surface area (Å²) in [5.74, 6) is 0.0447. The van der Waals surface area contributed by atoms with Crippen LogP contribution in [-0.4, -0.2) is 35.9 Å². The van der Waals surface area contributed by atoms with Crippen molar-refractivity contribution < 1.29 is 14.5 Å². The maximum absolute atomic E-state index is 12.6. The molecule has 7 nitrogen and oxygen atoms in total. The van der Waals surface area contributed by atoms with Gasteiger partial charge in [0, 0.05) is 23.7 Å². The van der Waals surface area contributed by atoms with E-state index in [1.54, 1.807) is 20.0 Å². The van der Waals surface area contributed by atoms with Crippen LogP contribution < -0.4 is 10.1 Å². The molecule has 0 saturated heterocycles. The van der Waals surface area contributed by atoms with E-state index < -0.39 is 11.0 Å². The Balaban J connectivity index is 2.12. The van der Waals surface area contributed by atoms with Gasteiger partial charge in [-0.1, -0.05) is 29.8 Å². The van der Waals surface area contributed by atoms with Crippen molar-refractivity contribution in [2.75, 3.05) is 19.5 Å². The molecule has 1 amide bonds. The number of methoxy groups -OCH3 is 1. The number of nitro benzene ring substituents is 1. The first-order chi connectivity index (χ1) is 12.3. The molecular weight excluding hydrogens is 358 g/mol. The fourth-order valence-corrected chi connectivity index (χ4v) is 2.57. The van der Waals surface area contributed by atoms with Crippen molar-refractivity contribution in [1.29, 1.82) is 0 Å². The van der Waals surface area contributed by atoms with Crippen molar-refractivity contribution in [3.05, 3.63) is 63.2 Å². The van der Waals surface area contributed by atoms with E-state index >= 15 is 0 Å². The van der Waals surface area contributed by atoms with Crippen LogP contribution in [0.5, 0.6) is 5.75 Å². The second kappa shape index (κ2) is 8.64. The Labute approximate surface area is 156 Å². The van der Waals surface area contributed by atoms with Gasteiger partial charge in [0.25, 0.3) is 5.69 Å². The predicted octanol–water partition coefficient (Wildman–Crippen LogP) is 3.72. The molecule has 26 heavy (non-hydrogen) atoms. The quantitative estimate of drug-likeness (QED) is 0.587. The fourth-order valence-electron chi connectivity index (χ4n) is 2.38. The van der Waals surface area contributed by atoms with Gasteiger partial charge >= 0.3 is 0 Å². The number of ether oxygens (including phenoxy) is 1. The summed E-state index contributed by atoms with van der Waals surface area (Å²) in [4.78, 5) is 24.8. The third-order valence-corrected chi connectivity index (χ3v) is 4.44. The number of nitro groups is 1. The van der Waals surface area contributed by atoms with Crippen LogP contribution >= 0.6 is 11.6 Å². The minimum Gasteiger partial charge on any atom is -0.495 e. The lowest BCUT2D eigenvalue weighted by Gasteiger charge is -2.24. The summed E-state index contributed by atoms with van der Waals surface area (Å²) in [5, 5.41) is 14.3. The first-order valence-electron chi connectivity index (χ1n) is 7.90. The number of amides is 1. The summed E-state index contributed by atoms with van der Waals surface area (Å²) >= 11 is 6.16. The number of benzene rings is 2. The molecule has 0 spiro atoms. The lowest BCUT2D eigenvalue weighted by molar-refractivity contribution is -0.384. The van der Waals surface area contributed by atoms with Crippen molar-refractivity contribution in [1.82, 2.24) is 4.90 Å². The van der Waals surface area contributed by atoms with Gasteiger partial charge in [-0.15, -0.1) is 0 Å². The molecule has 0 aliphatic rings. The molecule has 0 aliphatic heterocycles. The molecule has 0 saturated carbocycles. The molecule has 0 aromatic heterocycles. The highest BCUT2D eigenvalue weighted by Crippen LogP contribution is 2.29. The Morgan fingerprint density at radius 1 is 1.35 bits per heavy atom. The highest BCUT2D eigenvalue weighted by atomic mass is 35.5. The third kappa shape index (κ3) is 4.71. The Hall–Kier alpha value is -2.64. The summed E-state index contributed by atoms with van der Waals surface area (Å²) in [6.45, 7) is 2.23. The lowest BCUT2D eigenvalue weighted by atomic mass is 10.1. The van der Waals surface area contributed by atoms with E-state index in [9.17, 15) is 14.9 Å². The molecular formula is C18H20ClN3O4. The van der Waals surface area contributed by atoms with Crippen LogP contribution in [0.15, 0.2) is 42.5 Å². The normalized spacial score (nSPS) is 11.9. The standard InChI is InChI=1S/C18H20ClN3O4/c1-12(21(2)11-13-6-4-5-7-15(13)19)18(23)20-16-10-14(22(24)25)8-9-17(16)26-3/h4-10,12H,11H2,1-3H3,(H,20,23). The number of carbonyl (C=O) groups excluding carboxylic acids is 1. The number of non-ortho nitro benzene ring substituents is 1. The van der Waals surface area contributed by atoms with Gasteiger partial charge in [-0.25, -0.2) is 0 Å². The minimum absolute atomic E-state index is 0.127. The molecule has 1 N–H and O–H groups in total. The summed E-state index contributed by atoms with van der Waals surface area (Å²) < 4.78 is 5.16. The van der Waals surface area contributed by atoms with E-state index in [-0.39, 0.29) is 17.3 Å². The van der Waals surface area contributed by atoms with E-state index in [2.05, 4.69) is 5.32 Å². The number of hydrogen-bond acceptors (Lipinski definition) is 5. The average Bonchev–Trinajstić information content (AvgIpc) is 2.62. The van der Waals surface area contributed by atoms with Gasteiger partial charge in [-0.2, -0.15) is 0 Å². The number of likely N-dealkylation sites (N-methyl/N-ethyl adjacent to an activating group) is 1. The van der Waals surface area contributed by atoms with Crippen molar-refractivity contribution in [2.45, 2.75) is 19.5 Å². The Morgan fingerprint density at radius 3 is 2.65 bits per heavy atom. The zero-order valence-corrected chi connectivity index (χ0v) is 15.5. The van der Waals surface area contributed by atoms with Crippen LogP contribution in [0, 0.1) is 10.1 Å². The molecule has 0 bridgehead atoms. The van der Waals surface area contributed by atoms with Gasteiger partial charge in [0.1, 0.15) is 5.75 Å². The van der Waals surface area contributed by atoms with Crippen molar-refractivity contribution >= 4 is 28.9 Å². The molecule has 2 rings (SSSR count). The lowest BCUT2D eigenvalue weighted by Crippen LogP contribution is -2.39. The molecule has 2 aromatic rings. The van der Waals surface area contributed by atoms with Crippen molar-refractivity contribution in [2.24, 2.45) is 0 Å². The number of rotatable bonds is 7. The number of carbonyl (C=O) groups is 1. The van der Waals surface area contributed by atoms with Gasteiger partial charge in [0.2, 0.25) is 5.91 Å². The zero-order valence-electron chi connectivity index (χ0n) is 14.7. The largest absolute Gasteiger partial charge is 0.495 e. The summed E-state index contributed by atoms with van der Waals surface area (Å²) in [5.41, 5.74) is 1.03. The fraction of sp³-hybridized carbons (Fsp3) is 0.278. The monoisotopic (exact) mass is 377 g/mol. The van der Waals surface area contributed by atoms with Gasteiger partial charge in [-0.3, -0.25) is 19.8 Å². The molecule has 1 unspecified atom stereocenters. The summed E-state index contributed by atoms with van der Waals surface area (Å²) in [7, 11) is 3.24. The molecule has 0 heterocycles. The van der Waals surface area contributed by atoms with Gasteiger partial charge < -0.3 is 10.1 Å². The number of nitrogens with zero attached hydrogens (tertiary/aromatic N) is 2. The Bertz CT molecular complexity index is 813. The summed E-state index contributed by atoms with van der Waals surface area (Å²) in [6.07, 6.45) is 0. The Morgan fingerprint density at radius 2 is 2.04 bits per heavy atom. The van der Waals surface area contributed by atoms with E-state index in [1.807, 2.05) is 23.1 Å². The van der Waals surface area contributed by atoms with Crippen molar-refractivity contribution in [3.63, 3.8) is 0 Å². The average molecular weight is 378 g/mol. The number of halogens is 1. The second-order valence-corrected chi connectivity index (χ2v) is 6.22. The predicted molar refractivity (Wildman–Crippen MR) is 101 cm³/mol. The maximum atomic E-state index is 12.6. The number of hydrogen-bond donors (Lipinski definition) is 1. The van der Waals surface area contributed by atoms with Crippen LogP contribution in [0.25, 0.3) is 0 Å². The topological polar surface area (TPSA) is 84.7 Å². The van der Waals surface area contributed by atoms with E-state index in [0.29, 0.717) is 17.3 Å². The van der Waals surface area contributed by atoms with Crippen LogP contribution in [0.3, 0.4) is 0 Å². The van der Waals surface area contributed by atoms with E-state index in [1.165, 1.54) is 25.3 Å². The maximum Gasteiger partial charge on any atom is 0.271 e. The minimum atomic E-state index is -0.526. The zero-order chi connectivity index (χ0) is 19.3. The molecule has 1 atom stereocenters. The van der Waals surface area contributed by atoms with Crippen LogP contribution in [0.4, 0.5) is 11.4 Å².